The molecule has 3 aliphatic rings. The van der Waals surface area contributed by atoms with Gasteiger partial charge in [0, 0.05) is 43.5 Å². The van der Waals surface area contributed by atoms with Gasteiger partial charge in [0.2, 0.25) is 0 Å². The third kappa shape index (κ3) is 2.47. The zero-order valence-corrected chi connectivity index (χ0v) is 14.7. The van der Waals surface area contributed by atoms with Crippen LogP contribution in [0.4, 0.5) is 17.1 Å². The lowest BCUT2D eigenvalue weighted by molar-refractivity contribution is 0.417. The van der Waals surface area contributed by atoms with Crippen molar-refractivity contribution in [2.45, 2.75) is 18.8 Å². The summed E-state index contributed by atoms with van der Waals surface area (Å²) in [6.45, 7) is 4.70. The van der Waals surface area contributed by atoms with Crippen LogP contribution in [0.3, 0.4) is 0 Å². The van der Waals surface area contributed by atoms with E-state index in [1.165, 1.54) is 48.4 Å². The molecule has 2 aromatic rings. The number of aryl methyl sites for hydroxylation is 1. The third-order valence-electron chi connectivity index (χ3n) is 5.99. The number of hydrogen-bond donors (Lipinski definition) is 2. The van der Waals surface area contributed by atoms with Crippen molar-refractivity contribution in [1.29, 1.82) is 0 Å². The maximum atomic E-state index is 5.50. The smallest absolute Gasteiger partial charge is 0.142 e. The molecule has 1 fully saturated rings. The van der Waals surface area contributed by atoms with Crippen LogP contribution in [-0.2, 0) is 6.42 Å². The Kier molecular flexibility index (Phi) is 3.59. The van der Waals surface area contributed by atoms with Gasteiger partial charge in [0.25, 0.3) is 0 Å². The van der Waals surface area contributed by atoms with E-state index in [0.29, 0.717) is 5.92 Å². The monoisotopic (exact) mass is 335 g/mol. The topological polar surface area (TPSA) is 36.5 Å². The van der Waals surface area contributed by atoms with Gasteiger partial charge in [-0.05, 0) is 54.2 Å². The van der Waals surface area contributed by atoms with E-state index in [-0.39, 0.29) is 0 Å². The van der Waals surface area contributed by atoms with Crippen LogP contribution in [0.25, 0.3) is 0 Å². The van der Waals surface area contributed by atoms with Crippen LogP contribution in [0.5, 0.6) is 5.75 Å². The predicted molar refractivity (Wildman–Crippen MR) is 102 cm³/mol. The summed E-state index contributed by atoms with van der Waals surface area (Å²) >= 11 is 0. The summed E-state index contributed by atoms with van der Waals surface area (Å²) in [6.07, 6.45) is 2.44. The predicted octanol–water partition coefficient (Wildman–Crippen LogP) is 3.51. The Morgan fingerprint density at radius 2 is 2.12 bits per heavy atom. The highest BCUT2D eigenvalue weighted by molar-refractivity contribution is 5.74. The summed E-state index contributed by atoms with van der Waals surface area (Å²) in [5.41, 5.74) is 6.79. The number of anilines is 3. The summed E-state index contributed by atoms with van der Waals surface area (Å²) in [7, 11) is 1.73. The number of fused-ring (bicyclic) bond motifs is 2. The zero-order valence-electron chi connectivity index (χ0n) is 14.7. The summed E-state index contributed by atoms with van der Waals surface area (Å²) in [4.78, 5) is 2.63. The van der Waals surface area contributed by atoms with Crippen LogP contribution in [0.1, 0.15) is 23.5 Å². The molecule has 0 radical (unpaired) electrons. The molecule has 0 unspecified atom stereocenters. The van der Waals surface area contributed by atoms with Crippen molar-refractivity contribution in [3.8, 4) is 5.75 Å². The summed E-state index contributed by atoms with van der Waals surface area (Å²) < 4.78 is 5.50. The SMILES string of the molecule is COc1ccccc1Nc1cc2c3c(c1)[C@@H]1CNC[C@@H]1CN3CCC2. The van der Waals surface area contributed by atoms with Gasteiger partial charge in [0.1, 0.15) is 5.75 Å². The number of methoxy groups -OCH3 is 1. The highest BCUT2D eigenvalue weighted by Gasteiger charge is 2.38. The molecular weight excluding hydrogens is 310 g/mol. The van der Waals surface area contributed by atoms with Gasteiger partial charge in [-0.15, -0.1) is 0 Å². The van der Waals surface area contributed by atoms with E-state index in [2.05, 4.69) is 33.7 Å². The molecule has 2 N–H and O–H groups in total. The van der Waals surface area contributed by atoms with E-state index in [0.717, 1.165) is 30.4 Å². The molecule has 2 atom stereocenters. The second-order valence-electron chi connectivity index (χ2n) is 7.47. The number of para-hydroxylation sites is 2. The molecule has 0 saturated carbocycles. The summed E-state index contributed by atoms with van der Waals surface area (Å²) in [6, 6.07) is 12.9. The van der Waals surface area contributed by atoms with Gasteiger partial charge in [0.05, 0.1) is 12.8 Å². The van der Waals surface area contributed by atoms with Crippen molar-refractivity contribution >= 4 is 17.1 Å². The Morgan fingerprint density at radius 1 is 1.20 bits per heavy atom. The van der Waals surface area contributed by atoms with Crippen LogP contribution >= 0.6 is 0 Å². The first kappa shape index (κ1) is 15.1. The van der Waals surface area contributed by atoms with Gasteiger partial charge in [-0.25, -0.2) is 0 Å². The highest BCUT2D eigenvalue weighted by Crippen LogP contribution is 2.46. The van der Waals surface area contributed by atoms with Crippen molar-refractivity contribution < 1.29 is 4.74 Å². The van der Waals surface area contributed by atoms with Crippen molar-refractivity contribution in [3.05, 3.63) is 47.5 Å². The molecule has 0 amide bonds. The fraction of sp³-hybridized carbons (Fsp3) is 0.429. The van der Waals surface area contributed by atoms with E-state index in [1.54, 1.807) is 7.11 Å². The number of rotatable bonds is 3. The number of benzene rings is 2. The van der Waals surface area contributed by atoms with E-state index >= 15 is 0 Å². The number of hydrogen-bond acceptors (Lipinski definition) is 4. The minimum Gasteiger partial charge on any atom is -0.495 e. The minimum absolute atomic E-state index is 0.655. The maximum Gasteiger partial charge on any atom is 0.142 e. The van der Waals surface area contributed by atoms with Gasteiger partial charge in [-0.2, -0.15) is 0 Å². The molecule has 3 aliphatic heterocycles. The quantitative estimate of drug-likeness (QED) is 0.900. The average Bonchev–Trinajstić information content (AvgIpc) is 3.11. The zero-order chi connectivity index (χ0) is 16.8. The van der Waals surface area contributed by atoms with Crippen LogP contribution in [0.2, 0.25) is 0 Å². The molecule has 130 valence electrons. The second-order valence-corrected chi connectivity index (χ2v) is 7.47. The first-order valence-electron chi connectivity index (χ1n) is 9.36. The van der Waals surface area contributed by atoms with E-state index < -0.39 is 0 Å². The first-order valence-corrected chi connectivity index (χ1v) is 9.36. The van der Waals surface area contributed by atoms with Gasteiger partial charge >= 0.3 is 0 Å². The second kappa shape index (κ2) is 5.95. The van der Waals surface area contributed by atoms with Gasteiger partial charge < -0.3 is 20.3 Å². The lowest BCUT2D eigenvalue weighted by Gasteiger charge is -2.42. The van der Waals surface area contributed by atoms with Crippen LogP contribution in [0, 0.1) is 5.92 Å². The number of nitrogens with zero attached hydrogens (tertiary/aromatic N) is 1. The van der Waals surface area contributed by atoms with E-state index in [4.69, 9.17) is 4.74 Å². The molecular formula is C21H25N3O. The molecule has 4 heteroatoms. The summed E-state index contributed by atoms with van der Waals surface area (Å²) in [5, 5.41) is 7.21. The Balaban J connectivity index is 1.57. The first-order chi connectivity index (χ1) is 12.3. The third-order valence-corrected chi connectivity index (χ3v) is 5.99. The Hall–Kier alpha value is -2.20. The van der Waals surface area contributed by atoms with Gasteiger partial charge in [-0.1, -0.05) is 12.1 Å². The van der Waals surface area contributed by atoms with E-state index in [9.17, 15) is 0 Å². The standard InChI is InChI=1S/C21H25N3O/c1-25-20-7-3-2-6-19(20)23-16-9-14-5-4-8-24-13-15-11-22-12-18(15)17(10-16)21(14)24/h2-3,6-7,9-10,15,18,22-23H,4-5,8,11-13H2,1H3/t15-,18-/m1/s1. The number of nitrogens with one attached hydrogen (secondary N) is 2. The number of ether oxygens (including phenoxy) is 1. The minimum atomic E-state index is 0.655. The largest absolute Gasteiger partial charge is 0.495 e. The molecule has 1 saturated heterocycles. The van der Waals surface area contributed by atoms with Crippen molar-refractivity contribution in [2.75, 3.05) is 43.5 Å². The Morgan fingerprint density at radius 3 is 3.04 bits per heavy atom. The van der Waals surface area contributed by atoms with E-state index in [1.807, 2.05) is 18.2 Å². The van der Waals surface area contributed by atoms with Crippen LogP contribution in [0.15, 0.2) is 36.4 Å². The fourth-order valence-electron chi connectivity index (χ4n) is 4.88. The maximum absolute atomic E-state index is 5.50. The molecule has 0 bridgehead atoms. The molecule has 0 aromatic heterocycles. The normalized spacial score (nSPS) is 23.8. The van der Waals surface area contributed by atoms with Crippen molar-refractivity contribution in [2.24, 2.45) is 5.92 Å². The van der Waals surface area contributed by atoms with Crippen LogP contribution in [-0.4, -0.2) is 33.3 Å². The van der Waals surface area contributed by atoms with Gasteiger partial charge in [-0.3, -0.25) is 0 Å². The molecule has 3 heterocycles. The molecule has 2 aromatic carbocycles. The molecule has 5 rings (SSSR count). The fourth-order valence-corrected chi connectivity index (χ4v) is 4.88. The average molecular weight is 335 g/mol. The lowest BCUT2D eigenvalue weighted by atomic mass is 9.80. The van der Waals surface area contributed by atoms with Crippen LogP contribution < -0.4 is 20.3 Å². The van der Waals surface area contributed by atoms with Crippen molar-refractivity contribution in [3.63, 3.8) is 0 Å². The molecule has 25 heavy (non-hydrogen) atoms. The lowest BCUT2D eigenvalue weighted by Crippen LogP contribution is -2.41. The Labute approximate surface area is 149 Å². The molecule has 4 nitrogen and oxygen atoms in total. The Bertz CT molecular complexity index is 804. The van der Waals surface area contributed by atoms with Gasteiger partial charge in [0.15, 0.2) is 0 Å². The summed E-state index contributed by atoms with van der Waals surface area (Å²) in [5.74, 6) is 2.29. The molecule has 0 aliphatic carbocycles. The molecule has 0 spiro atoms. The highest BCUT2D eigenvalue weighted by atomic mass is 16.5. The van der Waals surface area contributed by atoms with Crippen molar-refractivity contribution in [1.82, 2.24) is 5.32 Å².